The van der Waals surface area contributed by atoms with Crippen LogP contribution in [-0.4, -0.2) is 45.6 Å². The number of para-hydroxylation sites is 1. The summed E-state index contributed by atoms with van der Waals surface area (Å²) in [6.45, 7) is 8.08. The summed E-state index contributed by atoms with van der Waals surface area (Å²) in [7, 11) is 0. The van der Waals surface area contributed by atoms with E-state index in [0.29, 0.717) is 45.3 Å². The highest BCUT2D eigenvalue weighted by atomic mass is 35.5. The quantitative estimate of drug-likeness (QED) is 0.206. The number of ketones is 1. The molecule has 10 heteroatoms. The molecule has 7 rings (SSSR count). The van der Waals surface area contributed by atoms with E-state index in [1.807, 2.05) is 81.4 Å². The Morgan fingerprint density at radius 2 is 1.80 bits per heavy atom. The zero-order valence-electron chi connectivity index (χ0n) is 25.2. The Morgan fingerprint density at radius 1 is 1.00 bits per heavy atom. The number of morpholine rings is 1. The van der Waals surface area contributed by atoms with Crippen LogP contribution in [0.3, 0.4) is 0 Å². The largest absolute Gasteiger partial charge is 0.377 e. The van der Waals surface area contributed by atoms with Crippen molar-refractivity contribution in [1.82, 2.24) is 19.9 Å². The van der Waals surface area contributed by atoms with E-state index in [2.05, 4.69) is 20.9 Å². The average molecular weight is 621 g/mol. The highest BCUT2D eigenvalue weighted by Gasteiger charge is 2.44. The third kappa shape index (κ3) is 5.37. The number of carbonyl (C=O) groups is 1. The highest BCUT2D eigenvalue weighted by Crippen LogP contribution is 2.39. The molecular weight excluding hydrogens is 588 g/mol. The van der Waals surface area contributed by atoms with Gasteiger partial charge in [0.2, 0.25) is 5.95 Å². The lowest BCUT2D eigenvalue weighted by molar-refractivity contribution is 0.0277. The van der Waals surface area contributed by atoms with Crippen LogP contribution < -0.4 is 21.5 Å². The fourth-order valence-corrected chi connectivity index (χ4v) is 6.62. The fourth-order valence-electron chi connectivity index (χ4n) is 6.28. The van der Waals surface area contributed by atoms with E-state index in [1.165, 1.54) is 4.57 Å². The molecule has 9 nitrogen and oxygen atoms in total. The van der Waals surface area contributed by atoms with E-state index in [1.54, 1.807) is 18.3 Å². The van der Waals surface area contributed by atoms with Gasteiger partial charge in [0.25, 0.3) is 5.56 Å². The minimum Gasteiger partial charge on any atom is -0.377 e. The predicted molar refractivity (Wildman–Crippen MR) is 178 cm³/mol. The van der Waals surface area contributed by atoms with Crippen LogP contribution in [0, 0.1) is 6.92 Å². The van der Waals surface area contributed by atoms with Crippen LogP contribution >= 0.6 is 11.6 Å². The van der Waals surface area contributed by atoms with Crippen molar-refractivity contribution < 1.29 is 9.53 Å². The van der Waals surface area contributed by atoms with Gasteiger partial charge >= 0.3 is 0 Å². The first kappa shape index (κ1) is 29.2. The molecule has 3 aromatic carbocycles. The van der Waals surface area contributed by atoms with Crippen LogP contribution in [0.1, 0.15) is 47.5 Å². The Kier molecular flexibility index (Phi) is 7.40. The summed E-state index contributed by atoms with van der Waals surface area (Å²) in [4.78, 5) is 38.2. The maximum Gasteiger partial charge on any atom is 0.260 e. The SMILES string of the molecule is Cc1ccc(-c2cc3cnc(Nc4ccc(C5CNCCO5)cc4)nc3n(C3C(=O)c4ccccc4NC3(C)C)c2=O)c(Cl)c1. The molecule has 3 N–H and O–H groups in total. The summed E-state index contributed by atoms with van der Waals surface area (Å²) in [6.07, 6.45) is 1.68. The van der Waals surface area contributed by atoms with Gasteiger partial charge in [-0.25, -0.2) is 4.98 Å². The number of anilines is 3. The molecule has 0 spiro atoms. The van der Waals surface area contributed by atoms with Gasteiger partial charge in [0.1, 0.15) is 11.7 Å². The van der Waals surface area contributed by atoms with Crippen LogP contribution in [-0.2, 0) is 4.74 Å². The second-order valence-corrected chi connectivity index (χ2v) is 12.6. The standard InChI is InChI=1S/C35H33ClN6O3/c1-20-8-13-24(27(36)16-20)26-17-22-18-38-34(39-23-11-9-21(10-12-23)29-19-37-14-15-45-29)40-32(22)42(33(26)44)31-30(43)25-6-4-5-7-28(25)41-35(31,2)3/h4-13,16-18,29,31,37,41H,14-15,19H2,1-3H3,(H,38,39,40). The molecule has 0 bridgehead atoms. The van der Waals surface area contributed by atoms with Crippen LogP contribution in [0.15, 0.2) is 83.8 Å². The molecule has 5 aromatic rings. The number of Topliss-reactive ketones (excluding diaryl/α,β-unsaturated/α-hetero) is 1. The van der Waals surface area contributed by atoms with Crippen molar-refractivity contribution in [2.24, 2.45) is 0 Å². The number of hydrogen-bond acceptors (Lipinski definition) is 8. The number of hydrogen-bond donors (Lipinski definition) is 3. The van der Waals surface area contributed by atoms with Gasteiger partial charge in [-0.2, -0.15) is 4.98 Å². The second kappa shape index (κ2) is 11.4. The first-order chi connectivity index (χ1) is 21.7. The summed E-state index contributed by atoms with van der Waals surface area (Å²) < 4.78 is 7.38. The van der Waals surface area contributed by atoms with E-state index in [9.17, 15) is 9.59 Å². The number of aromatic nitrogens is 3. The molecule has 228 valence electrons. The van der Waals surface area contributed by atoms with E-state index in [-0.39, 0.29) is 17.4 Å². The smallest absolute Gasteiger partial charge is 0.260 e. The Bertz CT molecular complexity index is 2000. The molecule has 2 atom stereocenters. The number of halogens is 1. The third-order valence-electron chi connectivity index (χ3n) is 8.49. The maximum atomic E-state index is 14.5. The molecule has 45 heavy (non-hydrogen) atoms. The lowest BCUT2D eigenvalue weighted by Crippen LogP contribution is -2.51. The van der Waals surface area contributed by atoms with Crippen LogP contribution in [0.5, 0.6) is 0 Å². The number of nitrogens with one attached hydrogen (secondary N) is 3. The third-order valence-corrected chi connectivity index (χ3v) is 8.81. The van der Waals surface area contributed by atoms with Crippen molar-refractivity contribution in [1.29, 1.82) is 0 Å². The van der Waals surface area contributed by atoms with Crippen molar-refractivity contribution in [3.05, 3.63) is 111 Å². The van der Waals surface area contributed by atoms with E-state index >= 15 is 0 Å². The Labute approximate surface area is 265 Å². The lowest BCUT2D eigenvalue weighted by Gasteiger charge is -2.41. The van der Waals surface area contributed by atoms with Crippen LogP contribution in [0.25, 0.3) is 22.2 Å². The van der Waals surface area contributed by atoms with Gasteiger partial charge in [0.15, 0.2) is 5.78 Å². The predicted octanol–water partition coefficient (Wildman–Crippen LogP) is 6.45. The van der Waals surface area contributed by atoms with Crippen molar-refractivity contribution in [2.75, 3.05) is 30.3 Å². The molecule has 2 unspecified atom stereocenters. The lowest BCUT2D eigenvalue weighted by atomic mass is 9.82. The van der Waals surface area contributed by atoms with Gasteiger partial charge in [-0.15, -0.1) is 0 Å². The number of carbonyl (C=O) groups excluding carboxylic acids is 1. The van der Waals surface area contributed by atoms with Gasteiger partial charge in [0.05, 0.1) is 18.2 Å². The van der Waals surface area contributed by atoms with E-state index in [0.717, 1.165) is 35.6 Å². The maximum absolute atomic E-state index is 14.5. The number of ether oxygens (including phenoxy) is 1. The summed E-state index contributed by atoms with van der Waals surface area (Å²) in [5, 5.41) is 11.2. The number of benzene rings is 3. The molecule has 0 aliphatic carbocycles. The molecule has 1 saturated heterocycles. The summed E-state index contributed by atoms with van der Waals surface area (Å²) >= 11 is 6.67. The average Bonchev–Trinajstić information content (AvgIpc) is 3.03. The monoisotopic (exact) mass is 620 g/mol. The minimum absolute atomic E-state index is 0.00510. The van der Waals surface area contributed by atoms with Gasteiger partial charge in [-0.05, 0) is 68.3 Å². The number of pyridine rings is 1. The molecule has 2 aromatic heterocycles. The van der Waals surface area contributed by atoms with Gasteiger partial charge < -0.3 is 20.7 Å². The highest BCUT2D eigenvalue weighted by molar-refractivity contribution is 6.33. The van der Waals surface area contributed by atoms with Crippen molar-refractivity contribution in [2.45, 2.75) is 38.5 Å². The van der Waals surface area contributed by atoms with Crippen molar-refractivity contribution >= 4 is 45.7 Å². The molecule has 0 saturated carbocycles. The Hall–Kier alpha value is -4.57. The van der Waals surface area contributed by atoms with Gasteiger partial charge in [0, 0.05) is 57.8 Å². The topological polar surface area (TPSA) is 110 Å². The number of rotatable bonds is 5. The molecular formula is C35H33ClN6O3. The van der Waals surface area contributed by atoms with E-state index < -0.39 is 11.6 Å². The zero-order chi connectivity index (χ0) is 31.3. The Balaban J connectivity index is 1.36. The molecule has 2 aliphatic heterocycles. The first-order valence-electron chi connectivity index (χ1n) is 15.0. The summed E-state index contributed by atoms with van der Waals surface area (Å²) in [5.41, 5.74) is 4.18. The molecule has 2 aliphatic rings. The van der Waals surface area contributed by atoms with Crippen LogP contribution in [0.2, 0.25) is 5.02 Å². The second-order valence-electron chi connectivity index (χ2n) is 12.2. The molecule has 4 heterocycles. The van der Waals surface area contributed by atoms with E-state index in [4.69, 9.17) is 21.3 Å². The molecule has 0 radical (unpaired) electrons. The van der Waals surface area contributed by atoms with Crippen LogP contribution in [0.4, 0.5) is 17.3 Å². The summed E-state index contributed by atoms with van der Waals surface area (Å²) in [6, 6.07) is 21.7. The van der Waals surface area contributed by atoms with Crippen molar-refractivity contribution in [3.63, 3.8) is 0 Å². The normalized spacial score (nSPS) is 19.2. The summed E-state index contributed by atoms with van der Waals surface area (Å²) in [5.74, 6) is 0.127. The molecule has 0 amide bonds. The van der Waals surface area contributed by atoms with Gasteiger partial charge in [-0.3, -0.25) is 14.2 Å². The Morgan fingerprint density at radius 3 is 2.56 bits per heavy atom. The molecule has 1 fully saturated rings. The number of fused-ring (bicyclic) bond motifs is 2. The van der Waals surface area contributed by atoms with Crippen molar-refractivity contribution in [3.8, 4) is 11.1 Å². The minimum atomic E-state index is -0.905. The number of nitrogens with zero attached hydrogens (tertiary/aromatic N) is 3. The first-order valence-corrected chi connectivity index (χ1v) is 15.4. The zero-order valence-corrected chi connectivity index (χ0v) is 26.0. The number of aryl methyl sites for hydroxylation is 1. The van der Waals surface area contributed by atoms with Gasteiger partial charge in [-0.1, -0.05) is 48.0 Å². The fraction of sp³-hybridized carbons (Fsp3) is 0.257.